The molecule has 1 aliphatic heterocycles. The molecule has 1 aromatic heterocycles. The zero-order valence-corrected chi connectivity index (χ0v) is 15.7. The van der Waals surface area contributed by atoms with Crippen molar-refractivity contribution in [2.24, 2.45) is 0 Å². The van der Waals surface area contributed by atoms with Crippen molar-refractivity contribution in [2.45, 2.75) is 19.4 Å². The SMILES string of the molecule is CCC(=O)C1=C(O)C(=O)N(c2ccc(Oc3ccccc3)cc2)C1c1ccco1. The molecule has 0 radical (unpaired) electrons. The van der Waals surface area contributed by atoms with Gasteiger partial charge in [-0.25, -0.2) is 0 Å². The van der Waals surface area contributed by atoms with Crippen molar-refractivity contribution in [3.05, 3.63) is 90.1 Å². The molecule has 2 heterocycles. The van der Waals surface area contributed by atoms with Gasteiger partial charge < -0.3 is 14.3 Å². The van der Waals surface area contributed by atoms with Gasteiger partial charge in [0.05, 0.1) is 11.8 Å². The molecule has 0 aliphatic carbocycles. The fraction of sp³-hybridized carbons (Fsp3) is 0.130. The highest BCUT2D eigenvalue weighted by molar-refractivity contribution is 6.16. The third-order valence-corrected chi connectivity index (χ3v) is 4.74. The summed E-state index contributed by atoms with van der Waals surface area (Å²) < 4.78 is 11.3. The predicted molar refractivity (Wildman–Crippen MR) is 107 cm³/mol. The van der Waals surface area contributed by atoms with Crippen LogP contribution in [0.2, 0.25) is 0 Å². The van der Waals surface area contributed by atoms with Crippen molar-refractivity contribution >= 4 is 17.4 Å². The minimum Gasteiger partial charge on any atom is -0.503 e. The number of Topliss-reactive ketones (excluding diaryl/α,β-unsaturated/α-hetero) is 1. The summed E-state index contributed by atoms with van der Waals surface area (Å²) in [6.07, 6.45) is 1.64. The molecule has 0 fully saturated rings. The van der Waals surface area contributed by atoms with Crippen LogP contribution in [-0.2, 0) is 9.59 Å². The quantitative estimate of drug-likeness (QED) is 0.645. The van der Waals surface area contributed by atoms with Crippen LogP contribution in [0.1, 0.15) is 25.1 Å². The van der Waals surface area contributed by atoms with Crippen molar-refractivity contribution in [3.63, 3.8) is 0 Å². The lowest BCUT2D eigenvalue weighted by Crippen LogP contribution is -2.30. The van der Waals surface area contributed by atoms with E-state index >= 15 is 0 Å². The van der Waals surface area contributed by atoms with Crippen LogP contribution in [0.3, 0.4) is 0 Å². The summed E-state index contributed by atoms with van der Waals surface area (Å²) in [6, 6.07) is 18.8. The Morgan fingerprint density at radius 3 is 2.34 bits per heavy atom. The van der Waals surface area contributed by atoms with E-state index in [0.29, 0.717) is 22.9 Å². The van der Waals surface area contributed by atoms with Crippen LogP contribution >= 0.6 is 0 Å². The molecule has 1 amide bonds. The molecule has 1 aliphatic rings. The first-order valence-corrected chi connectivity index (χ1v) is 9.26. The molecule has 1 unspecified atom stereocenters. The molecule has 0 spiro atoms. The van der Waals surface area contributed by atoms with E-state index in [2.05, 4.69) is 0 Å². The number of nitrogens with zero attached hydrogens (tertiary/aromatic N) is 1. The Kier molecular flexibility index (Phi) is 4.91. The van der Waals surface area contributed by atoms with E-state index in [1.165, 1.54) is 11.2 Å². The highest BCUT2D eigenvalue weighted by Gasteiger charge is 2.45. The monoisotopic (exact) mass is 389 g/mol. The van der Waals surface area contributed by atoms with E-state index in [1.807, 2.05) is 30.3 Å². The number of carbonyl (C=O) groups is 2. The minimum atomic E-state index is -0.814. The van der Waals surface area contributed by atoms with Crippen LogP contribution in [0.15, 0.2) is 88.7 Å². The number of carbonyl (C=O) groups excluding carboxylic acids is 2. The molecule has 2 aromatic carbocycles. The van der Waals surface area contributed by atoms with Gasteiger partial charge in [0.15, 0.2) is 11.5 Å². The van der Waals surface area contributed by atoms with E-state index in [1.54, 1.807) is 43.3 Å². The van der Waals surface area contributed by atoms with Gasteiger partial charge in [-0.3, -0.25) is 14.5 Å². The second kappa shape index (κ2) is 7.67. The number of aliphatic hydroxyl groups excluding tert-OH is 1. The molecule has 3 aromatic rings. The number of benzene rings is 2. The fourth-order valence-electron chi connectivity index (χ4n) is 3.36. The molecule has 1 atom stereocenters. The third-order valence-electron chi connectivity index (χ3n) is 4.74. The maximum absolute atomic E-state index is 12.8. The molecular formula is C23H19NO5. The number of aliphatic hydroxyl groups is 1. The number of amides is 1. The molecule has 1 N–H and O–H groups in total. The number of furan rings is 1. The average Bonchev–Trinajstić information content (AvgIpc) is 3.36. The van der Waals surface area contributed by atoms with Crippen molar-refractivity contribution in [3.8, 4) is 11.5 Å². The zero-order valence-electron chi connectivity index (χ0n) is 15.7. The highest BCUT2D eigenvalue weighted by atomic mass is 16.5. The summed E-state index contributed by atoms with van der Waals surface area (Å²) in [5.41, 5.74) is 0.569. The van der Waals surface area contributed by atoms with Crippen LogP contribution < -0.4 is 9.64 Å². The van der Waals surface area contributed by atoms with Gasteiger partial charge in [-0.1, -0.05) is 25.1 Å². The number of rotatable bonds is 6. The Labute approximate surface area is 167 Å². The summed E-state index contributed by atoms with van der Waals surface area (Å²) in [5, 5.41) is 10.4. The summed E-state index contributed by atoms with van der Waals surface area (Å²) in [5.74, 6) is 0.222. The highest BCUT2D eigenvalue weighted by Crippen LogP contribution is 2.41. The first-order valence-electron chi connectivity index (χ1n) is 9.26. The molecular weight excluding hydrogens is 370 g/mol. The van der Waals surface area contributed by atoms with E-state index in [-0.39, 0.29) is 17.8 Å². The summed E-state index contributed by atoms with van der Waals surface area (Å²) in [7, 11) is 0. The number of ketones is 1. The first-order chi connectivity index (χ1) is 14.1. The number of hydrogen-bond acceptors (Lipinski definition) is 5. The van der Waals surface area contributed by atoms with E-state index in [4.69, 9.17) is 9.15 Å². The van der Waals surface area contributed by atoms with Gasteiger partial charge in [-0.05, 0) is 48.5 Å². The Morgan fingerprint density at radius 1 is 1.03 bits per heavy atom. The van der Waals surface area contributed by atoms with Gasteiger partial charge in [-0.2, -0.15) is 0 Å². The molecule has 0 saturated heterocycles. The largest absolute Gasteiger partial charge is 0.503 e. The maximum atomic E-state index is 12.8. The summed E-state index contributed by atoms with van der Waals surface area (Å²) in [6.45, 7) is 1.69. The van der Waals surface area contributed by atoms with Gasteiger partial charge in [0.25, 0.3) is 5.91 Å². The molecule has 0 saturated carbocycles. The van der Waals surface area contributed by atoms with Crippen molar-refractivity contribution in [1.82, 2.24) is 0 Å². The second-order valence-electron chi connectivity index (χ2n) is 6.54. The Hall–Kier alpha value is -3.80. The van der Waals surface area contributed by atoms with E-state index in [0.717, 1.165) is 0 Å². The molecule has 146 valence electrons. The average molecular weight is 389 g/mol. The molecule has 6 nitrogen and oxygen atoms in total. The minimum absolute atomic E-state index is 0.0528. The second-order valence-corrected chi connectivity index (χ2v) is 6.54. The van der Waals surface area contributed by atoms with Crippen LogP contribution in [0.4, 0.5) is 5.69 Å². The first kappa shape index (κ1) is 18.6. The predicted octanol–water partition coefficient (Wildman–Crippen LogP) is 4.95. The van der Waals surface area contributed by atoms with E-state index < -0.39 is 17.7 Å². The van der Waals surface area contributed by atoms with Gasteiger partial charge in [0.2, 0.25) is 0 Å². The summed E-state index contributed by atoms with van der Waals surface area (Å²) in [4.78, 5) is 26.6. The van der Waals surface area contributed by atoms with Crippen LogP contribution in [0.25, 0.3) is 0 Å². The smallest absolute Gasteiger partial charge is 0.294 e. The van der Waals surface area contributed by atoms with Crippen LogP contribution in [0.5, 0.6) is 11.5 Å². The third kappa shape index (κ3) is 3.40. The lowest BCUT2D eigenvalue weighted by molar-refractivity contribution is -0.118. The Morgan fingerprint density at radius 2 is 1.72 bits per heavy atom. The lowest BCUT2D eigenvalue weighted by Gasteiger charge is -2.25. The van der Waals surface area contributed by atoms with Crippen molar-refractivity contribution in [1.29, 1.82) is 0 Å². The van der Waals surface area contributed by atoms with Gasteiger partial charge in [0, 0.05) is 12.1 Å². The zero-order chi connectivity index (χ0) is 20.4. The maximum Gasteiger partial charge on any atom is 0.294 e. The number of ether oxygens (including phenoxy) is 1. The van der Waals surface area contributed by atoms with Crippen molar-refractivity contribution < 1.29 is 23.8 Å². The van der Waals surface area contributed by atoms with Crippen molar-refractivity contribution in [2.75, 3.05) is 4.90 Å². The Balaban J connectivity index is 1.68. The number of hydrogen-bond donors (Lipinski definition) is 1. The molecule has 4 rings (SSSR count). The Bertz CT molecular complexity index is 1050. The molecule has 6 heteroatoms. The normalized spacial score (nSPS) is 16.4. The number of para-hydroxylation sites is 1. The van der Waals surface area contributed by atoms with Crippen LogP contribution in [0, 0.1) is 0 Å². The van der Waals surface area contributed by atoms with E-state index in [9.17, 15) is 14.7 Å². The number of anilines is 1. The van der Waals surface area contributed by atoms with Gasteiger partial charge >= 0.3 is 0 Å². The standard InChI is InChI=1S/C23H19NO5/c1-2-18(25)20-21(19-9-6-14-28-19)24(23(27)22(20)26)15-10-12-17(13-11-15)29-16-7-4-3-5-8-16/h3-14,21,26H,2H2,1H3. The van der Waals surface area contributed by atoms with Crippen LogP contribution in [-0.4, -0.2) is 16.8 Å². The topological polar surface area (TPSA) is 80.0 Å². The molecule has 29 heavy (non-hydrogen) atoms. The van der Waals surface area contributed by atoms with Gasteiger partial charge in [0.1, 0.15) is 23.3 Å². The summed E-state index contributed by atoms with van der Waals surface area (Å²) >= 11 is 0. The fourth-order valence-corrected chi connectivity index (χ4v) is 3.36. The van der Waals surface area contributed by atoms with Gasteiger partial charge in [-0.15, -0.1) is 0 Å². The molecule has 0 bridgehead atoms. The lowest BCUT2D eigenvalue weighted by atomic mass is 9.99.